The van der Waals surface area contributed by atoms with Crippen molar-refractivity contribution in [2.24, 2.45) is 0 Å². The van der Waals surface area contributed by atoms with Crippen LogP contribution in [0.3, 0.4) is 0 Å². The number of carbonyl (C=O) groups excluding carboxylic acids is 1. The van der Waals surface area contributed by atoms with Crippen LogP contribution in [-0.4, -0.2) is 44.6 Å². The van der Waals surface area contributed by atoms with E-state index in [0.717, 1.165) is 24.2 Å². The molecule has 0 unspecified atom stereocenters. The van der Waals surface area contributed by atoms with Gasteiger partial charge >= 0.3 is 0 Å². The topological polar surface area (TPSA) is 75.7 Å². The molecule has 0 spiro atoms. The summed E-state index contributed by atoms with van der Waals surface area (Å²) in [5, 5.41) is 2.81. The molecule has 1 N–H and O–H groups in total. The normalized spacial score (nSPS) is 15.1. The van der Waals surface area contributed by atoms with Gasteiger partial charge in [0.05, 0.1) is 4.90 Å². The predicted octanol–water partition coefficient (Wildman–Crippen LogP) is 3.91. The van der Waals surface area contributed by atoms with Crippen LogP contribution in [0.4, 0.5) is 5.69 Å². The van der Waals surface area contributed by atoms with Gasteiger partial charge in [0.1, 0.15) is 5.75 Å². The average molecular weight is 435 g/mol. The highest BCUT2D eigenvalue weighted by atomic mass is 32.2. The van der Waals surface area contributed by atoms with Crippen LogP contribution in [-0.2, 0) is 14.8 Å². The van der Waals surface area contributed by atoms with E-state index in [9.17, 15) is 13.2 Å². The number of nitrogens with zero attached hydrogens (tertiary/aromatic N) is 1. The summed E-state index contributed by atoms with van der Waals surface area (Å²) in [6.07, 6.45) is 4.84. The minimum atomic E-state index is -3.48. The van der Waals surface area contributed by atoms with Crippen molar-refractivity contribution in [3.05, 3.63) is 48.0 Å². The number of hydrogen-bond donors (Lipinski definition) is 1. The molecule has 1 saturated heterocycles. The molecule has 0 aliphatic carbocycles. The standard InChI is InChI=1S/C21H26N2O4S2/c1-16-13-19(29(25,26)23-11-4-3-5-12-23)9-10-20(16)27-15-21(24)22-17-7-6-8-18(14-17)28-2/h6-10,13-14H,3-5,11-12,15H2,1-2H3,(H,22,24). The highest BCUT2D eigenvalue weighted by molar-refractivity contribution is 7.98. The fourth-order valence-electron chi connectivity index (χ4n) is 3.24. The fourth-order valence-corrected chi connectivity index (χ4v) is 5.30. The van der Waals surface area contributed by atoms with Crippen molar-refractivity contribution in [1.29, 1.82) is 0 Å². The fraction of sp³-hybridized carbons (Fsp3) is 0.381. The van der Waals surface area contributed by atoms with Crippen molar-refractivity contribution in [3.8, 4) is 5.75 Å². The molecular weight excluding hydrogens is 408 g/mol. The van der Waals surface area contributed by atoms with Crippen LogP contribution in [0, 0.1) is 6.92 Å². The van der Waals surface area contributed by atoms with Crippen LogP contribution in [0.2, 0.25) is 0 Å². The molecule has 6 nitrogen and oxygen atoms in total. The Balaban J connectivity index is 1.62. The summed E-state index contributed by atoms with van der Waals surface area (Å²) >= 11 is 1.60. The molecule has 0 aromatic heterocycles. The number of sulfonamides is 1. The third-order valence-corrected chi connectivity index (χ3v) is 7.43. The van der Waals surface area contributed by atoms with Gasteiger partial charge in [-0.05, 0) is 68.0 Å². The summed E-state index contributed by atoms with van der Waals surface area (Å²) in [7, 11) is -3.48. The molecule has 1 amide bonds. The Morgan fingerprint density at radius 1 is 1.14 bits per heavy atom. The van der Waals surface area contributed by atoms with Gasteiger partial charge < -0.3 is 10.1 Å². The number of benzene rings is 2. The van der Waals surface area contributed by atoms with Gasteiger partial charge in [0.25, 0.3) is 5.91 Å². The molecule has 3 rings (SSSR count). The van der Waals surface area contributed by atoms with E-state index in [4.69, 9.17) is 4.74 Å². The Morgan fingerprint density at radius 3 is 2.59 bits per heavy atom. The van der Waals surface area contributed by atoms with E-state index in [2.05, 4.69) is 5.32 Å². The van der Waals surface area contributed by atoms with Gasteiger partial charge in [-0.25, -0.2) is 8.42 Å². The molecule has 1 aliphatic heterocycles. The zero-order valence-electron chi connectivity index (χ0n) is 16.7. The molecule has 156 valence electrons. The van der Waals surface area contributed by atoms with Crippen LogP contribution in [0.25, 0.3) is 0 Å². The van der Waals surface area contributed by atoms with Crippen molar-refractivity contribution in [2.45, 2.75) is 36.0 Å². The number of aryl methyl sites for hydroxylation is 1. The molecule has 0 saturated carbocycles. The third-order valence-electron chi connectivity index (χ3n) is 4.81. The number of thioether (sulfide) groups is 1. The lowest BCUT2D eigenvalue weighted by atomic mass is 10.2. The van der Waals surface area contributed by atoms with E-state index in [1.165, 1.54) is 0 Å². The molecule has 1 heterocycles. The molecule has 2 aromatic carbocycles. The molecule has 29 heavy (non-hydrogen) atoms. The Morgan fingerprint density at radius 2 is 1.90 bits per heavy atom. The zero-order chi connectivity index (χ0) is 20.9. The predicted molar refractivity (Wildman–Crippen MR) is 116 cm³/mol. The van der Waals surface area contributed by atoms with Crippen molar-refractivity contribution in [3.63, 3.8) is 0 Å². The number of ether oxygens (including phenoxy) is 1. The first-order valence-corrected chi connectivity index (χ1v) is 12.2. The van der Waals surface area contributed by atoms with Gasteiger partial charge in [0.15, 0.2) is 6.61 Å². The summed E-state index contributed by atoms with van der Waals surface area (Å²) in [6.45, 7) is 2.77. The summed E-state index contributed by atoms with van der Waals surface area (Å²) in [5.41, 5.74) is 1.39. The molecule has 1 aliphatic rings. The maximum absolute atomic E-state index is 12.8. The lowest BCUT2D eigenvalue weighted by Gasteiger charge is -2.26. The number of piperidine rings is 1. The van der Waals surface area contributed by atoms with Gasteiger partial charge in [-0.15, -0.1) is 11.8 Å². The zero-order valence-corrected chi connectivity index (χ0v) is 18.3. The number of amides is 1. The van der Waals surface area contributed by atoms with E-state index in [-0.39, 0.29) is 17.4 Å². The minimum Gasteiger partial charge on any atom is -0.483 e. The van der Waals surface area contributed by atoms with Gasteiger partial charge in [-0.2, -0.15) is 4.31 Å². The van der Waals surface area contributed by atoms with E-state index in [0.29, 0.717) is 30.1 Å². The summed E-state index contributed by atoms with van der Waals surface area (Å²) < 4.78 is 32.7. The second kappa shape index (κ2) is 9.65. The largest absolute Gasteiger partial charge is 0.483 e. The van der Waals surface area contributed by atoms with E-state index < -0.39 is 10.0 Å². The summed E-state index contributed by atoms with van der Waals surface area (Å²) in [6, 6.07) is 12.4. The molecule has 0 bridgehead atoms. The van der Waals surface area contributed by atoms with Crippen LogP contribution in [0.15, 0.2) is 52.3 Å². The van der Waals surface area contributed by atoms with Crippen LogP contribution < -0.4 is 10.1 Å². The minimum absolute atomic E-state index is 0.150. The third kappa shape index (κ3) is 5.52. The lowest BCUT2D eigenvalue weighted by Crippen LogP contribution is -2.35. The molecular formula is C21H26N2O4S2. The van der Waals surface area contributed by atoms with Gasteiger partial charge in [-0.1, -0.05) is 12.5 Å². The van der Waals surface area contributed by atoms with Crippen molar-refractivity contribution in [2.75, 3.05) is 31.3 Å². The Hall–Kier alpha value is -2.03. The van der Waals surface area contributed by atoms with Crippen molar-refractivity contribution < 1.29 is 17.9 Å². The number of hydrogen-bond acceptors (Lipinski definition) is 5. The quantitative estimate of drug-likeness (QED) is 0.669. The Kier molecular flexibility index (Phi) is 7.21. The van der Waals surface area contributed by atoms with E-state index in [1.807, 2.05) is 30.5 Å². The van der Waals surface area contributed by atoms with E-state index >= 15 is 0 Å². The number of carbonyl (C=O) groups is 1. The molecule has 8 heteroatoms. The molecule has 0 radical (unpaired) electrons. The molecule has 1 fully saturated rings. The van der Waals surface area contributed by atoms with Gasteiger partial charge in [0.2, 0.25) is 10.0 Å². The van der Waals surface area contributed by atoms with Crippen LogP contribution in [0.1, 0.15) is 24.8 Å². The number of anilines is 1. The van der Waals surface area contributed by atoms with Crippen molar-refractivity contribution >= 4 is 33.4 Å². The van der Waals surface area contributed by atoms with Gasteiger partial charge in [0, 0.05) is 23.7 Å². The first-order valence-electron chi connectivity index (χ1n) is 9.57. The summed E-state index contributed by atoms with van der Waals surface area (Å²) in [5.74, 6) is 0.225. The number of rotatable bonds is 7. The second-order valence-electron chi connectivity index (χ2n) is 6.96. The second-order valence-corrected chi connectivity index (χ2v) is 9.78. The lowest BCUT2D eigenvalue weighted by molar-refractivity contribution is -0.118. The summed E-state index contributed by atoms with van der Waals surface area (Å²) in [4.78, 5) is 13.5. The number of nitrogens with one attached hydrogen (secondary N) is 1. The van der Waals surface area contributed by atoms with E-state index in [1.54, 1.807) is 41.2 Å². The monoisotopic (exact) mass is 434 g/mol. The van der Waals surface area contributed by atoms with Crippen LogP contribution in [0.5, 0.6) is 5.75 Å². The van der Waals surface area contributed by atoms with Crippen LogP contribution >= 0.6 is 11.8 Å². The average Bonchev–Trinajstić information content (AvgIpc) is 2.73. The molecule has 0 atom stereocenters. The SMILES string of the molecule is CSc1cccc(NC(=O)COc2ccc(S(=O)(=O)N3CCCCC3)cc2C)c1. The Bertz CT molecular complexity index is 970. The van der Waals surface area contributed by atoms with Crippen molar-refractivity contribution in [1.82, 2.24) is 4.31 Å². The molecule has 2 aromatic rings. The Labute approximate surface area is 176 Å². The van der Waals surface area contributed by atoms with Gasteiger partial charge in [-0.3, -0.25) is 4.79 Å². The highest BCUT2D eigenvalue weighted by Crippen LogP contribution is 2.26. The maximum atomic E-state index is 12.8. The maximum Gasteiger partial charge on any atom is 0.262 e. The first kappa shape index (κ1) is 21.7. The first-order chi connectivity index (χ1) is 13.9. The highest BCUT2D eigenvalue weighted by Gasteiger charge is 2.26. The smallest absolute Gasteiger partial charge is 0.262 e.